The monoisotopic (exact) mass is 285 g/mol. The second kappa shape index (κ2) is 6.05. The van der Waals surface area contributed by atoms with Crippen molar-refractivity contribution in [3.63, 3.8) is 0 Å². The first-order valence-electron chi connectivity index (χ1n) is 6.53. The molecule has 6 heteroatoms. The van der Waals surface area contributed by atoms with Gasteiger partial charge in [-0.25, -0.2) is 4.39 Å². The summed E-state index contributed by atoms with van der Waals surface area (Å²) < 4.78 is 30.1. The molecule has 1 fully saturated rings. The van der Waals surface area contributed by atoms with E-state index in [1.807, 2.05) is 13.8 Å². The van der Waals surface area contributed by atoms with Crippen LogP contribution in [0.3, 0.4) is 0 Å². The summed E-state index contributed by atoms with van der Waals surface area (Å²) in [7, 11) is 0. The summed E-state index contributed by atoms with van der Waals surface area (Å²) >= 11 is 0. The van der Waals surface area contributed by atoms with E-state index in [1.54, 1.807) is 0 Å². The fraction of sp³-hybridized carbons (Fsp3) is 0.571. The second-order valence-electron chi connectivity index (χ2n) is 5.20. The van der Waals surface area contributed by atoms with Crippen molar-refractivity contribution in [3.05, 3.63) is 29.6 Å². The Labute approximate surface area is 117 Å². The smallest absolute Gasteiger partial charge is 0.163 e. The number of aliphatic hydroxyl groups excluding tert-OH is 1. The summed E-state index contributed by atoms with van der Waals surface area (Å²) in [5, 5.41) is 9.62. The van der Waals surface area contributed by atoms with E-state index in [4.69, 9.17) is 19.9 Å². The van der Waals surface area contributed by atoms with Crippen LogP contribution in [0.5, 0.6) is 5.75 Å². The predicted molar refractivity (Wildman–Crippen MR) is 70.8 cm³/mol. The maximum atomic E-state index is 13.5. The molecule has 20 heavy (non-hydrogen) atoms. The number of halogens is 1. The molecule has 0 aliphatic carbocycles. The van der Waals surface area contributed by atoms with E-state index < -0.39 is 17.7 Å². The van der Waals surface area contributed by atoms with Gasteiger partial charge < -0.3 is 25.1 Å². The molecule has 0 aromatic heterocycles. The number of hydrogen-bond donors (Lipinski definition) is 2. The minimum absolute atomic E-state index is 0.0475. The molecule has 112 valence electrons. The molecule has 0 amide bonds. The average molecular weight is 285 g/mol. The molecule has 0 spiro atoms. The van der Waals surface area contributed by atoms with Gasteiger partial charge in [0.15, 0.2) is 5.79 Å². The summed E-state index contributed by atoms with van der Waals surface area (Å²) in [6.45, 7) is 4.37. The van der Waals surface area contributed by atoms with Gasteiger partial charge in [0.05, 0.1) is 12.7 Å². The number of rotatable bonds is 5. The van der Waals surface area contributed by atoms with Crippen LogP contribution in [0.4, 0.5) is 4.39 Å². The Bertz CT molecular complexity index is 466. The number of benzene rings is 1. The summed E-state index contributed by atoms with van der Waals surface area (Å²) in [5.41, 5.74) is 5.47. The van der Waals surface area contributed by atoms with Gasteiger partial charge in [0, 0.05) is 12.1 Å². The quantitative estimate of drug-likeness (QED) is 0.854. The van der Waals surface area contributed by atoms with Crippen LogP contribution in [0.1, 0.15) is 25.5 Å². The van der Waals surface area contributed by atoms with E-state index in [-0.39, 0.29) is 18.2 Å². The van der Waals surface area contributed by atoms with E-state index in [2.05, 4.69) is 0 Å². The minimum Gasteiger partial charge on any atom is -0.491 e. The fourth-order valence-electron chi connectivity index (χ4n) is 2.03. The van der Waals surface area contributed by atoms with Crippen LogP contribution in [0.25, 0.3) is 0 Å². The van der Waals surface area contributed by atoms with Crippen molar-refractivity contribution in [1.82, 2.24) is 0 Å². The van der Waals surface area contributed by atoms with Gasteiger partial charge >= 0.3 is 0 Å². The molecule has 1 unspecified atom stereocenters. The third-order valence-electron chi connectivity index (χ3n) is 3.05. The molecule has 0 bridgehead atoms. The van der Waals surface area contributed by atoms with E-state index >= 15 is 0 Å². The molecule has 5 nitrogen and oxygen atoms in total. The Balaban J connectivity index is 1.97. The highest BCUT2D eigenvalue weighted by molar-refractivity contribution is 5.31. The molecule has 1 saturated heterocycles. The lowest BCUT2D eigenvalue weighted by Gasteiger charge is -2.17. The van der Waals surface area contributed by atoms with E-state index in [0.29, 0.717) is 19.0 Å². The van der Waals surface area contributed by atoms with Crippen molar-refractivity contribution in [3.8, 4) is 5.75 Å². The largest absolute Gasteiger partial charge is 0.491 e. The molecule has 1 aromatic carbocycles. The van der Waals surface area contributed by atoms with Crippen molar-refractivity contribution in [2.24, 2.45) is 5.73 Å². The van der Waals surface area contributed by atoms with Crippen LogP contribution in [0.15, 0.2) is 18.2 Å². The van der Waals surface area contributed by atoms with Gasteiger partial charge in [-0.1, -0.05) is 0 Å². The Hall–Kier alpha value is -1.21. The Kier molecular flexibility index (Phi) is 4.59. The lowest BCUT2D eigenvalue weighted by Crippen LogP contribution is -2.25. The number of nitrogens with two attached hydrogens (primary N) is 1. The SMILES string of the molecule is CC1(C)OCC(COc2ccc(F)c([C@H](O)CN)c2)O1. The first-order valence-corrected chi connectivity index (χ1v) is 6.53. The summed E-state index contributed by atoms with van der Waals surface area (Å²) in [6, 6.07) is 4.20. The van der Waals surface area contributed by atoms with Crippen molar-refractivity contribution in [2.75, 3.05) is 19.8 Å². The highest BCUT2D eigenvalue weighted by atomic mass is 19.1. The van der Waals surface area contributed by atoms with Crippen LogP contribution in [0.2, 0.25) is 0 Å². The van der Waals surface area contributed by atoms with Gasteiger partial charge in [0.25, 0.3) is 0 Å². The number of aliphatic hydroxyl groups is 1. The number of ether oxygens (including phenoxy) is 3. The molecule has 0 radical (unpaired) electrons. The predicted octanol–water partition coefficient (Wildman–Crippen LogP) is 1.35. The molecular formula is C14H20FNO4. The first-order chi connectivity index (χ1) is 9.41. The molecule has 2 atom stereocenters. The summed E-state index contributed by atoms with van der Waals surface area (Å²) in [4.78, 5) is 0. The van der Waals surface area contributed by atoms with Gasteiger partial charge in [0.2, 0.25) is 0 Å². The molecule has 1 aliphatic heterocycles. The second-order valence-corrected chi connectivity index (χ2v) is 5.20. The highest BCUT2D eigenvalue weighted by Gasteiger charge is 2.33. The average Bonchev–Trinajstić information content (AvgIpc) is 2.76. The van der Waals surface area contributed by atoms with Gasteiger partial charge in [-0.3, -0.25) is 0 Å². The van der Waals surface area contributed by atoms with Crippen LogP contribution >= 0.6 is 0 Å². The first kappa shape index (κ1) is 15.2. The van der Waals surface area contributed by atoms with Crippen LogP contribution in [-0.4, -0.2) is 36.8 Å². The standard InChI is InChI=1S/C14H20FNO4/c1-14(2)19-8-10(20-14)7-18-9-3-4-12(15)11(5-9)13(17)6-16/h3-5,10,13,17H,6-8,16H2,1-2H3/t10?,13-/m1/s1. The van der Waals surface area contributed by atoms with Gasteiger partial charge in [-0.05, 0) is 32.0 Å². The third kappa shape index (κ3) is 3.67. The lowest BCUT2D eigenvalue weighted by molar-refractivity contribution is -0.141. The maximum absolute atomic E-state index is 13.5. The molecule has 0 saturated carbocycles. The van der Waals surface area contributed by atoms with Crippen molar-refractivity contribution in [1.29, 1.82) is 0 Å². The van der Waals surface area contributed by atoms with Gasteiger partial charge in [-0.15, -0.1) is 0 Å². The van der Waals surface area contributed by atoms with Crippen molar-refractivity contribution >= 4 is 0 Å². The summed E-state index contributed by atoms with van der Waals surface area (Å²) in [5.74, 6) is -0.642. The van der Waals surface area contributed by atoms with Gasteiger partial charge in [0.1, 0.15) is 24.3 Å². The summed E-state index contributed by atoms with van der Waals surface area (Å²) in [6.07, 6.45) is -1.21. The topological polar surface area (TPSA) is 73.9 Å². The van der Waals surface area contributed by atoms with Gasteiger partial charge in [-0.2, -0.15) is 0 Å². The zero-order valence-corrected chi connectivity index (χ0v) is 11.6. The highest BCUT2D eigenvalue weighted by Crippen LogP contribution is 2.25. The fourth-order valence-corrected chi connectivity index (χ4v) is 2.03. The molecule has 3 N–H and O–H groups in total. The maximum Gasteiger partial charge on any atom is 0.163 e. The van der Waals surface area contributed by atoms with Crippen LogP contribution in [0, 0.1) is 5.82 Å². The Morgan fingerprint density at radius 1 is 1.55 bits per heavy atom. The molecule has 1 heterocycles. The van der Waals surface area contributed by atoms with E-state index in [1.165, 1.54) is 18.2 Å². The molecule has 1 aliphatic rings. The van der Waals surface area contributed by atoms with Crippen molar-refractivity contribution < 1.29 is 23.7 Å². The Morgan fingerprint density at radius 2 is 2.30 bits per heavy atom. The normalized spacial score (nSPS) is 22.8. The van der Waals surface area contributed by atoms with E-state index in [9.17, 15) is 9.50 Å². The van der Waals surface area contributed by atoms with E-state index in [0.717, 1.165) is 0 Å². The zero-order chi connectivity index (χ0) is 14.8. The molecular weight excluding hydrogens is 265 g/mol. The minimum atomic E-state index is -1.04. The number of hydrogen-bond acceptors (Lipinski definition) is 5. The van der Waals surface area contributed by atoms with Crippen LogP contribution in [-0.2, 0) is 9.47 Å². The zero-order valence-electron chi connectivity index (χ0n) is 11.6. The third-order valence-corrected chi connectivity index (χ3v) is 3.05. The Morgan fingerprint density at radius 3 is 2.90 bits per heavy atom. The molecule has 2 rings (SSSR count). The van der Waals surface area contributed by atoms with Crippen LogP contribution < -0.4 is 10.5 Å². The van der Waals surface area contributed by atoms with Crippen molar-refractivity contribution in [2.45, 2.75) is 31.8 Å². The lowest BCUT2D eigenvalue weighted by atomic mass is 10.1. The molecule has 1 aromatic rings.